The van der Waals surface area contributed by atoms with E-state index in [0.29, 0.717) is 0 Å². The van der Waals surface area contributed by atoms with E-state index in [4.69, 9.17) is 21.4 Å². The van der Waals surface area contributed by atoms with E-state index < -0.39 is 11.6 Å². The number of halogens is 3. The van der Waals surface area contributed by atoms with E-state index in [2.05, 4.69) is 4.98 Å². The Morgan fingerprint density at radius 3 is 2.72 bits per heavy atom. The van der Waals surface area contributed by atoms with E-state index in [0.717, 1.165) is 18.2 Å². The fraction of sp³-hybridized carbons (Fsp3) is 0.0833. The minimum absolute atomic E-state index is 0.0213. The average Bonchev–Trinajstić information content (AvgIpc) is 2.36. The molecule has 0 atom stereocenters. The summed E-state index contributed by atoms with van der Waals surface area (Å²) in [5.74, 6) is -1.59. The van der Waals surface area contributed by atoms with Gasteiger partial charge in [0.25, 0.3) is 0 Å². The molecule has 1 aromatic heterocycles. The van der Waals surface area contributed by atoms with Crippen molar-refractivity contribution < 1.29 is 18.6 Å². The summed E-state index contributed by atoms with van der Waals surface area (Å²) in [6.45, 7) is -0.373. The van der Waals surface area contributed by atoms with Crippen molar-refractivity contribution in [3.63, 3.8) is 0 Å². The van der Waals surface area contributed by atoms with Gasteiger partial charge < -0.3 is 9.84 Å². The van der Waals surface area contributed by atoms with Crippen molar-refractivity contribution in [2.75, 3.05) is 0 Å². The highest BCUT2D eigenvalue weighted by Crippen LogP contribution is 2.25. The lowest BCUT2D eigenvalue weighted by Crippen LogP contribution is -1.96. The highest BCUT2D eigenvalue weighted by molar-refractivity contribution is 6.31. The highest BCUT2D eigenvalue weighted by atomic mass is 35.5. The molecule has 0 aliphatic heterocycles. The van der Waals surface area contributed by atoms with Crippen LogP contribution in [0.4, 0.5) is 8.78 Å². The van der Waals surface area contributed by atoms with Gasteiger partial charge in [-0.3, -0.25) is 0 Å². The molecule has 18 heavy (non-hydrogen) atoms. The van der Waals surface area contributed by atoms with Gasteiger partial charge in [-0.15, -0.1) is 0 Å². The Bertz CT molecular complexity index is 578. The molecule has 0 saturated carbocycles. The number of rotatable bonds is 3. The zero-order valence-electron chi connectivity index (χ0n) is 9.03. The van der Waals surface area contributed by atoms with Crippen molar-refractivity contribution in [2.24, 2.45) is 0 Å². The van der Waals surface area contributed by atoms with Gasteiger partial charge in [-0.05, 0) is 18.2 Å². The molecule has 0 aliphatic rings. The summed E-state index contributed by atoms with van der Waals surface area (Å²) in [7, 11) is 0. The topological polar surface area (TPSA) is 42.4 Å². The van der Waals surface area contributed by atoms with Crippen molar-refractivity contribution in [3.8, 4) is 11.6 Å². The largest absolute Gasteiger partial charge is 0.436 e. The second-order valence-electron chi connectivity index (χ2n) is 3.41. The Labute approximate surface area is 107 Å². The molecule has 0 bridgehead atoms. The third kappa shape index (κ3) is 2.75. The summed E-state index contributed by atoms with van der Waals surface area (Å²) < 4.78 is 31.3. The van der Waals surface area contributed by atoms with E-state index in [1.165, 1.54) is 12.1 Å². The Kier molecular flexibility index (Phi) is 3.74. The molecule has 0 radical (unpaired) electrons. The molecular formula is C12H8ClF2NO2. The Morgan fingerprint density at radius 2 is 2.00 bits per heavy atom. The van der Waals surface area contributed by atoms with E-state index in [1.54, 1.807) is 0 Å². The van der Waals surface area contributed by atoms with E-state index in [1.807, 2.05) is 0 Å². The molecule has 2 rings (SSSR count). The van der Waals surface area contributed by atoms with Crippen molar-refractivity contribution >= 4 is 11.6 Å². The SMILES string of the molecule is OCc1nc(Oc2cc(F)ccc2F)ccc1Cl. The number of hydrogen-bond acceptors (Lipinski definition) is 3. The molecule has 0 fully saturated rings. The Balaban J connectivity index is 2.31. The number of nitrogens with zero attached hydrogens (tertiary/aromatic N) is 1. The minimum atomic E-state index is -0.710. The van der Waals surface area contributed by atoms with E-state index >= 15 is 0 Å². The zero-order chi connectivity index (χ0) is 13.1. The van der Waals surface area contributed by atoms with Crippen LogP contribution in [0.25, 0.3) is 0 Å². The van der Waals surface area contributed by atoms with Crippen LogP contribution in [0.15, 0.2) is 30.3 Å². The van der Waals surface area contributed by atoms with Gasteiger partial charge in [-0.2, -0.15) is 0 Å². The van der Waals surface area contributed by atoms with Crippen LogP contribution in [0.2, 0.25) is 5.02 Å². The second kappa shape index (κ2) is 5.29. The number of aromatic nitrogens is 1. The molecule has 1 N–H and O–H groups in total. The summed E-state index contributed by atoms with van der Waals surface area (Å²) in [4.78, 5) is 3.86. The molecule has 94 valence electrons. The fourth-order valence-electron chi connectivity index (χ4n) is 1.30. The summed E-state index contributed by atoms with van der Waals surface area (Å²) in [6, 6.07) is 5.69. The second-order valence-corrected chi connectivity index (χ2v) is 3.82. The van der Waals surface area contributed by atoms with Gasteiger partial charge in [0.05, 0.1) is 17.3 Å². The number of aliphatic hydroxyl groups is 1. The predicted octanol–water partition coefficient (Wildman–Crippen LogP) is 3.30. The summed E-state index contributed by atoms with van der Waals surface area (Å²) in [6.07, 6.45) is 0. The first kappa shape index (κ1) is 12.7. The van der Waals surface area contributed by atoms with Crippen LogP contribution in [0.5, 0.6) is 11.6 Å². The average molecular weight is 272 g/mol. The first-order valence-electron chi connectivity index (χ1n) is 4.99. The molecule has 2 aromatic rings. The quantitative estimate of drug-likeness (QED) is 0.931. The smallest absolute Gasteiger partial charge is 0.219 e. The lowest BCUT2D eigenvalue weighted by molar-refractivity contribution is 0.275. The van der Waals surface area contributed by atoms with Crippen molar-refractivity contribution in [2.45, 2.75) is 6.61 Å². The molecular weight excluding hydrogens is 264 g/mol. The maximum atomic E-state index is 13.3. The molecule has 6 heteroatoms. The summed E-state index contributed by atoms with van der Waals surface area (Å²) in [5, 5.41) is 9.24. The van der Waals surface area contributed by atoms with Crippen LogP contribution >= 0.6 is 11.6 Å². The van der Waals surface area contributed by atoms with E-state index in [-0.39, 0.29) is 29.0 Å². The minimum Gasteiger partial charge on any atom is -0.436 e. The monoisotopic (exact) mass is 271 g/mol. The van der Waals surface area contributed by atoms with Gasteiger partial charge in [0.15, 0.2) is 11.6 Å². The molecule has 0 spiro atoms. The zero-order valence-corrected chi connectivity index (χ0v) is 9.79. The first-order chi connectivity index (χ1) is 8.60. The van der Waals surface area contributed by atoms with Crippen molar-refractivity contribution in [3.05, 3.63) is 52.7 Å². The highest BCUT2D eigenvalue weighted by Gasteiger charge is 2.09. The van der Waals surface area contributed by atoms with Crippen molar-refractivity contribution in [1.29, 1.82) is 0 Å². The Morgan fingerprint density at radius 1 is 1.22 bits per heavy atom. The molecule has 1 heterocycles. The standard InChI is InChI=1S/C12H8ClF2NO2/c13-8-2-4-12(16-10(8)6-17)18-11-5-7(14)1-3-9(11)15/h1-5,17H,6H2. The van der Waals surface area contributed by atoms with Crippen LogP contribution in [0, 0.1) is 11.6 Å². The normalized spacial score (nSPS) is 10.4. The lowest BCUT2D eigenvalue weighted by atomic mass is 10.3. The molecule has 0 saturated heterocycles. The van der Waals surface area contributed by atoms with Crippen LogP contribution < -0.4 is 4.74 Å². The van der Waals surface area contributed by atoms with Gasteiger partial charge in [0.2, 0.25) is 5.88 Å². The lowest BCUT2D eigenvalue weighted by Gasteiger charge is -2.07. The van der Waals surface area contributed by atoms with Crippen LogP contribution in [-0.4, -0.2) is 10.1 Å². The predicted molar refractivity (Wildman–Crippen MR) is 61.6 cm³/mol. The molecule has 1 aromatic carbocycles. The maximum absolute atomic E-state index is 13.3. The number of benzene rings is 1. The maximum Gasteiger partial charge on any atom is 0.219 e. The van der Waals surface area contributed by atoms with Gasteiger partial charge in [0, 0.05) is 12.1 Å². The molecule has 0 aliphatic carbocycles. The van der Waals surface area contributed by atoms with Crippen LogP contribution in [-0.2, 0) is 6.61 Å². The Hall–Kier alpha value is -1.72. The number of pyridine rings is 1. The van der Waals surface area contributed by atoms with Gasteiger partial charge >= 0.3 is 0 Å². The van der Waals surface area contributed by atoms with Gasteiger partial charge in [0.1, 0.15) is 5.82 Å². The third-order valence-corrected chi connectivity index (χ3v) is 2.49. The molecule has 0 amide bonds. The third-order valence-electron chi connectivity index (χ3n) is 2.15. The molecule has 3 nitrogen and oxygen atoms in total. The number of aliphatic hydroxyl groups excluding tert-OH is 1. The molecule has 0 unspecified atom stereocenters. The van der Waals surface area contributed by atoms with Gasteiger partial charge in [-0.25, -0.2) is 13.8 Å². The van der Waals surface area contributed by atoms with Gasteiger partial charge in [-0.1, -0.05) is 11.6 Å². The fourth-order valence-corrected chi connectivity index (χ4v) is 1.47. The summed E-state index contributed by atoms with van der Waals surface area (Å²) >= 11 is 5.74. The van der Waals surface area contributed by atoms with Crippen LogP contribution in [0.3, 0.4) is 0 Å². The van der Waals surface area contributed by atoms with Crippen LogP contribution in [0.1, 0.15) is 5.69 Å². The summed E-state index contributed by atoms with van der Waals surface area (Å²) in [5.41, 5.74) is 0.200. The first-order valence-corrected chi connectivity index (χ1v) is 5.37. The van der Waals surface area contributed by atoms with Crippen molar-refractivity contribution in [1.82, 2.24) is 4.98 Å². The number of hydrogen-bond donors (Lipinski definition) is 1. The van der Waals surface area contributed by atoms with E-state index in [9.17, 15) is 8.78 Å². The number of ether oxygens (including phenoxy) is 1.